The van der Waals surface area contributed by atoms with E-state index in [-0.39, 0.29) is 11.5 Å². The molecule has 28 heavy (non-hydrogen) atoms. The van der Waals surface area contributed by atoms with Crippen molar-refractivity contribution in [2.75, 3.05) is 0 Å². The number of hydrogen-bond donors (Lipinski definition) is 1. The second-order valence-corrected chi connectivity index (χ2v) is 10.7. The van der Waals surface area contributed by atoms with Crippen LogP contribution in [0, 0.1) is 12.8 Å². The van der Waals surface area contributed by atoms with Crippen LogP contribution in [0.3, 0.4) is 0 Å². The standard InChI is InChI=1S/C26H37NO/c1-18-11-14-27(23(18)24(28)19-9-7-6-8-10-19)22-16-20(25(2,3)4)15-21(17-22)26(5)12-13-26/h11,14-17,19,24,28H,6-10,12-13H2,1-5H3. The minimum atomic E-state index is -0.367. The molecule has 2 aliphatic carbocycles. The first kappa shape index (κ1) is 19.8. The van der Waals surface area contributed by atoms with Crippen LogP contribution in [0.1, 0.15) is 101 Å². The molecule has 4 rings (SSSR count). The summed E-state index contributed by atoms with van der Waals surface area (Å²) in [5.74, 6) is 0.396. The highest BCUT2D eigenvalue weighted by molar-refractivity contribution is 5.49. The van der Waals surface area contributed by atoms with Gasteiger partial charge < -0.3 is 9.67 Å². The first-order valence-electron chi connectivity index (χ1n) is 11.2. The Morgan fingerprint density at radius 2 is 1.75 bits per heavy atom. The zero-order valence-corrected chi connectivity index (χ0v) is 18.4. The molecular formula is C26H37NO. The minimum Gasteiger partial charge on any atom is -0.387 e. The van der Waals surface area contributed by atoms with E-state index in [1.165, 1.54) is 54.5 Å². The van der Waals surface area contributed by atoms with Crippen molar-refractivity contribution < 1.29 is 5.11 Å². The highest BCUT2D eigenvalue weighted by atomic mass is 16.3. The van der Waals surface area contributed by atoms with Crippen LogP contribution in [-0.2, 0) is 10.8 Å². The molecule has 2 nitrogen and oxygen atoms in total. The van der Waals surface area contributed by atoms with E-state index < -0.39 is 0 Å². The number of aryl methyl sites for hydroxylation is 1. The summed E-state index contributed by atoms with van der Waals surface area (Å²) in [7, 11) is 0. The van der Waals surface area contributed by atoms with Gasteiger partial charge in [-0.2, -0.15) is 0 Å². The molecule has 0 aliphatic heterocycles. The number of nitrogens with zero attached hydrogens (tertiary/aromatic N) is 1. The first-order chi connectivity index (χ1) is 13.2. The normalized spacial score (nSPS) is 20.9. The van der Waals surface area contributed by atoms with Crippen molar-refractivity contribution in [1.29, 1.82) is 0 Å². The van der Waals surface area contributed by atoms with E-state index in [2.05, 4.69) is 69.6 Å². The van der Waals surface area contributed by atoms with E-state index in [4.69, 9.17) is 0 Å². The maximum Gasteiger partial charge on any atom is 0.0974 e. The number of rotatable bonds is 4. The summed E-state index contributed by atoms with van der Waals surface area (Å²) in [5.41, 5.74) is 6.81. The quantitative estimate of drug-likeness (QED) is 0.624. The molecule has 2 saturated carbocycles. The van der Waals surface area contributed by atoms with E-state index in [1.54, 1.807) is 0 Å². The maximum atomic E-state index is 11.3. The summed E-state index contributed by atoms with van der Waals surface area (Å²) in [6.45, 7) is 11.4. The highest BCUT2D eigenvalue weighted by Crippen LogP contribution is 2.49. The van der Waals surface area contributed by atoms with Crippen molar-refractivity contribution >= 4 is 0 Å². The van der Waals surface area contributed by atoms with Gasteiger partial charge in [0.25, 0.3) is 0 Å². The topological polar surface area (TPSA) is 25.2 Å². The molecule has 1 heterocycles. The average molecular weight is 380 g/mol. The monoisotopic (exact) mass is 379 g/mol. The summed E-state index contributed by atoms with van der Waals surface area (Å²) in [6, 6.07) is 9.30. The summed E-state index contributed by atoms with van der Waals surface area (Å²) >= 11 is 0. The molecule has 2 aromatic rings. The molecule has 0 radical (unpaired) electrons. The van der Waals surface area contributed by atoms with Crippen molar-refractivity contribution in [3.8, 4) is 5.69 Å². The molecule has 0 saturated heterocycles. The molecular weight excluding hydrogens is 342 g/mol. The van der Waals surface area contributed by atoms with Crippen LogP contribution in [0.25, 0.3) is 5.69 Å². The zero-order chi connectivity index (χ0) is 20.1. The molecule has 0 amide bonds. The lowest BCUT2D eigenvalue weighted by Crippen LogP contribution is -2.20. The van der Waals surface area contributed by atoms with Crippen molar-refractivity contribution in [3.63, 3.8) is 0 Å². The second-order valence-electron chi connectivity index (χ2n) is 10.7. The molecule has 2 aliphatic rings. The Morgan fingerprint density at radius 3 is 2.36 bits per heavy atom. The third kappa shape index (κ3) is 3.68. The Morgan fingerprint density at radius 1 is 1.07 bits per heavy atom. The summed E-state index contributed by atoms with van der Waals surface area (Å²) < 4.78 is 2.28. The molecule has 0 spiro atoms. The van der Waals surface area contributed by atoms with Gasteiger partial charge in [-0.1, -0.05) is 53.0 Å². The number of hydrogen-bond acceptors (Lipinski definition) is 1. The lowest BCUT2D eigenvalue weighted by molar-refractivity contribution is 0.0792. The highest BCUT2D eigenvalue weighted by Gasteiger charge is 2.40. The lowest BCUT2D eigenvalue weighted by Gasteiger charge is -2.29. The van der Waals surface area contributed by atoms with Crippen molar-refractivity contribution in [2.24, 2.45) is 5.92 Å². The summed E-state index contributed by atoms with van der Waals surface area (Å²) in [4.78, 5) is 0. The third-order valence-corrected chi connectivity index (χ3v) is 7.27. The van der Waals surface area contributed by atoms with Gasteiger partial charge in [-0.25, -0.2) is 0 Å². The number of aromatic nitrogens is 1. The van der Waals surface area contributed by atoms with E-state index in [0.29, 0.717) is 11.3 Å². The van der Waals surface area contributed by atoms with Crippen LogP contribution < -0.4 is 0 Å². The molecule has 2 heteroatoms. The average Bonchev–Trinajstić information content (AvgIpc) is 3.31. The molecule has 1 aromatic carbocycles. The minimum absolute atomic E-state index is 0.111. The molecule has 1 atom stereocenters. The molecule has 0 bridgehead atoms. The van der Waals surface area contributed by atoms with Crippen LogP contribution in [0.2, 0.25) is 0 Å². The van der Waals surface area contributed by atoms with E-state index in [1.807, 2.05) is 0 Å². The van der Waals surface area contributed by atoms with E-state index in [9.17, 15) is 5.11 Å². The Bertz CT molecular complexity index is 820. The van der Waals surface area contributed by atoms with Gasteiger partial charge in [0.05, 0.1) is 11.8 Å². The molecule has 1 N–H and O–H groups in total. The van der Waals surface area contributed by atoms with Crippen LogP contribution in [0.4, 0.5) is 0 Å². The predicted octanol–water partition coefficient (Wildman–Crippen LogP) is 6.75. The SMILES string of the molecule is Cc1ccn(-c2cc(C(C)(C)C)cc(C3(C)CC3)c2)c1C(O)C1CCCCC1. The van der Waals surface area contributed by atoms with Crippen LogP contribution in [0.15, 0.2) is 30.5 Å². The Balaban J connectivity index is 1.79. The Hall–Kier alpha value is -1.54. The van der Waals surface area contributed by atoms with Crippen molar-refractivity contribution in [3.05, 3.63) is 52.8 Å². The second kappa shape index (κ2) is 7.06. The summed E-state index contributed by atoms with van der Waals surface area (Å²) in [6.07, 6.45) is 10.5. The van der Waals surface area contributed by atoms with Gasteiger partial charge in [-0.05, 0) is 84.2 Å². The maximum absolute atomic E-state index is 11.3. The molecule has 152 valence electrons. The van der Waals surface area contributed by atoms with Gasteiger partial charge in [0, 0.05) is 11.9 Å². The fourth-order valence-electron chi connectivity index (χ4n) is 4.82. The smallest absolute Gasteiger partial charge is 0.0974 e. The molecule has 2 fully saturated rings. The Labute approximate surface area is 171 Å². The van der Waals surface area contributed by atoms with Gasteiger partial charge in [-0.15, -0.1) is 0 Å². The van der Waals surface area contributed by atoms with Gasteiger partial charge in [0.1, 0.15) is 0 Å². The fraction of sp³-hybridized carbons (Fsp3) is 0.615. The predicted molar refractivity (Wildman–Crippen MR) is 117 cm³/mol. The summed E-state index contributed by atoms with van der Waals surface area (Å²) in [5, 5.41) is 11.3. The molecule has 1 aromatic heterocycles. The van der Waals surface area contributed by atoms with Crippen LogP contribution in [-0.4, -0.2) is 9.67 Å². The first-order valence-corrected chi connectivity index (χ1v) is 11.2. The van der Waals surface area contributed by atoms with Gasteiger partial charge in [0.15, 0.2) is 0 Å². The van der Waals surface area contributed by atoms with Crippen molar-refractivity contribution in [2.45, 2.75) is 96.5 Å². The number of aliphatic hydroxyl groups excluding tert-OH is 1. The van der Waals surface area contributed by atoms with Gasteiger partial charge in [-0.3, -0.25) is 0 Å². The van der Waals surface area contributed by atoms with Gasteiger partial charge in [0.2, 0.25) is 0 Å². The van der Waals surface area contributed by atoms with E-state index >= 15 is 0 Å². The largest absolute Gasteiger partial charge is 0.387 e. The molecule has 1 unspecified atom stereocenters. The number of aliphatic hydroxyl groups is 1. The van der Waals surface area contributed by atoms with Gasteiger partial charge >= 0.3 is 0 Å². The zero-order valence-electron chi connectivity index (χ0n) is 18.4. The van der Waals surface area contributed by atoms with Crippen LogP contribution >= 0.6 is 0 Å². The van der Waals surface area contributed by atoms with Crippen LogP contribution in [0.5, 0.6) is 0 Å². The third-order valence-electron chi connectivity index (χ3n) is 7.27. The Kier molecular flexibility index (Phi) is 4.98. The van der Waals surface area contributed by atoms with Crippen molar-refractivity contribution in [1.82, 2.24) is 4.57 Å². The fourth-order valence-corrected chi connectivity index (χ4v) is 4.82. The number of benzene rings is 1. The lowest BCUT2D eigenvalue weighted by atomic mass is 9.83. The van der Waals surface area contributed by atoms with E-state index in [0.717, 1.165) is 18.5 Å².